The van der Waals surface area contributed by atoms with Gasteiger partial charge in [-0.25, -0.2) is 4.79 Å². The number of nitrogens with one attached hydrogen (secondary N) is 2. The van der Waals surface area contributed by atoms with E-state index in [1.165, 1.54) is 0 Å². The molecule has 0 heterocycles. The van der Waals surface area contributed by atoms with Gasteiger partial charge >= 0.3 is 6.03 Å². The number of anilines is 2. The third kappa shape index (κ3) is 4.61. The third-order valence-electron chi connectivity index (χ3n) is 3.99. The molecule has 2 rings (SSSR count). The van der Waals surface area contributed by atoms with Crippen LogP contribution in [0, 0.1) is 5.92 Å². The maximum absolute atomic E-state index is 12.4. The Kier molecular flexibility index (Phi) is 6.20. The van der Waals surface area contributed by atoms with Crippen molar-refractivity contribution >= 4 is 35.7 Å². The molecule has 1 fully saturated rings. The van der Waals surface area contributed by atoms with Gasteiger partial charge < -0.3 is 22.1 Å². The van der Waals surface area contributed by atoms with Gasteiger partial charge in [-0.1, -0.05) is 12.8 Å². The van der Waals surface area contributed by atoms with E-state index in [9.17, 15) is 9.59 Å². The van der Waals surface area contributed by atoms with Crippen LogP contribution in [-0.4, -0.2) is 17.5 Å². The third-order valence-corrected chi connectivity index (χ3v) is 3.99. The number of primary amides is 1. The van der Waals surface area contributed by atoms with Crippen LogP contribution in [0.25, 0.3) is 0 Å². The second-order valence-corrected chi connectivity index (χ2v) is 5.86. The zero-order valence-corrected chi connectivity index (χ0v) is 13.4. The Morgan fingerprint density at radius 3 is 2.18 bits per heavy atom. The molecule has 6 N–H and O–H groups in total. The lowest BCUT2D eigenvalue weighted by atomic mass is 9.74. The predicted molar refractivity (Wildman–Crippen MR) is 90.1 cm³/mol. The first-order chi connectivity index (χ1) is 9.88. The zero-order chi connectivity index (χ0) is 15.5. The summed E-state index contributed by atoms with van der Waals surface area (Å²) in [5.74, 6) is -0.218. The summed E-state index contributed by atoms with van der Waals surface area (Å²) in [4.78, 5) is 23.1. The standard InChI is InChI=1S/C15H22N4O2.ClH/c1-15(17)9-3-2-4-12(15)13(20)18-10-5-7-11(8-6-10)19-14(16)21;/h5-8,12H,2-4,9,17H2,1H3,(H,18,20)(H3,16,19,21);1H. The van der Waals surface area contributed by atoms with Gasteiger partial charge in [0.2, 0.25) is 5.91 Å². The van der Waals surface area contributed by atoms with E-state index in [0.29, 0.717) is 11.4 Å². The van der Waals surface area contributed by atoms with Crippen LogP contribution in [0.5, 0.6) is 0 Å². The fourth-order valence-corrected chi connectivity index (χ4v) is 2.80. The SMILES string of the molecule is CC1(N)CCCCC1C(=O)Nc1ccc(NC(N)=O)cc1.Cl. The molecular weight excluding hydrogens is 304 g/mol. The molecule has 1 aliphatic rings. The first kappa shape index (κ1) is 18.3. The van der Waals surface area contributed by atoms with Gasteiger partial charge in [-0.2, -0.15) is 0 Å². The van der Waals surface area contributed by atoms with Crippen LogP contribution >= 0.6 is 12.4 Å². The Morgan fingerprint density at radius 1 is 1.14 bits per heavy atom. The molecule has 7 heteroatoms. The van der Waals surface area contributed by atoms with Crippen molar-refractivity contribution in [2.75, 3.05) is 10.6 Å². The van der Waals surface area contributed by atoms with Crippen molar-refractivity contribution in [3.8, 4) is 0 Å². The van der Waals surface area contributed by atoms with Gasteiger partial charge in [-0.3, -0.25) is 4.79 Å². The smallest absolute Gasteiger partial charge is 0.316 e. The number of halogens is 1. The molecule has 1 aromatic carbocycles. The van der Waals surface area contributed by atoms with Crippen molar-refractivity contribution in [3.63, 3.8) is 0 Å². The largest absolute Gasteiger partial charge is 0.351 e. The van der Waals surface area contributed by atoms with Gasteiger partial charge in [0, 0.05) is 16.9 Å². The summed E-state index contributed by atoms with van der Waals surface area (Å²) in [7, 11) is 0. The molecule has 1 aliphatic carbocycles. The number of urea groups is 1. The Bertz CT molecular complexity index is 531. The summed E-state index contributed by atoms with van der Waals surface area (Å²) in [5, 5.41) is 5.35. The molecule has 0 spiro atoms. The summed E-state index contributed by atoms with van der Waals surface area (Å²) in [6.07, 6.45) is 3.79. The predicted octanol–water partition coefficient (Wildman–Crippen LogP) is 2.45. The molecule has 1 saturated carbocycles. The summed E-state index contributed by atoms with van der Waals surface area (Å²) in [6, 6.07) is 6.19. The van der Waals surface area contributed by atoms with Gasteiger partial charge in [-0.05, 0) is 44.0 Å². The summed E-state index contributed by atoms with van der Waals surface area (Å²) in [5.41, 5.74) is 12.1. The highest BCUT2D eigenvalue weighted by Gasteiger charge is 2.37. The van der Waals surface area contributed by atoms with Crippen molar-refractivity contribution in [2.45, 2.75) is 38.1 Å². The minimum atomic E-state index is -0.618. The normalized spacial score (nSPS) is 24.0. The molecule has 2 unspecified atom stereocenters. The van der Waals surface area contributed by atoms with Crippen molar-refractivity contribution in [2.24, 2.45) is 17.4 Å². The molecule has 2 atom stereocenters. The van der Waals surface area contributed by atoms with E-state index < -0.39 is 11.6 Å². The highest BCUT2D eigenvalue weighted by Crippen LogP contribution is 2.32. The molecule has 3 amide bonds. The van der Waals surface area contributed by atoms with Crippen LogP contribution in [0.2, 0.25) is 0 Å². The van der Waals surface area contributed by atoms with Crippen molar-refractivity contribution in [1.29, 1.82) is 0 Å². The summed E-state index contributed by atoms with van der Waals surface area (Å²) >= 11 is 0. The van der Waals surface area contributed by atoms with Crippen LogP contribution in [0.1, 0.15) is 32.6 Å². The minimum Gasteiger partial charge on any atom is -0.351 e. The first-order valence-corrected chi connectivity index (χ1v) is 7.15. The highest BCUT2D eigenvalue weighted by atomic mass is 35.5. The molecule has 1 aromatic rings. The number of nitrogens with two attached hydrogens (primary N) is 2. The van der Waals surface area contributed by atoms with Gasteiger partial charge in [0.25, 0.3) is 0 Å². The Labute approximate surface area is 136 Å². The monoisotopic (exact) mass is 326 g/mol. The number of benzene rings is 1. The second-order valence-electron chi connectivity index (χ2n) is 5.86. The van der Waals surface area contributed by atoms with E-state index in [1.54, 1.807) is 24.3 Å². The van der Waals surface area contributed by atoms with Gasteiger partial charge in [0.1, 0.15) is 0 Å². The summed E-state index contributed by atoms with van der Waals surface area (Å²) < 4.78 is 0. The molecule has 0 aromatic heterocycles. The number of carbonyl (C=O) groups excluding carboxylic acids is 2. The van der Waals surface area contributed by atoms with Crippen molar-refractivity contribution in [3.05, 3.63) is 24.3 Å². The van der Waals surface area contributed by atoms with Gasteiger partial charge in [-0.15, -0.1) is 12.4 Å². The number of hydrogen-bond acceptors (Lipinski definition) is 3. The Balaban J connectivity index is 0.00000242. The molecule has 0 aliphatic heterocycles. The van der Waals surface area contributed by atoms with Gasteiger partial charge in [0.05, 0.1) is 5.92 Å². The maximum Gasteiger partial charge on any atom is 0.316 e. The average molecular weight is 327 g/mol. The van der Waals surface area contributed by atoms with E-state index in [0.717, 1.165) is 25.7 Å². The van der Waals surface area contributed by atoms with E-state index in [1.807, 2.05) is 6.92 Å². The molecule has 6 nitrogen and oxygen atoms in total. The molecule has 22 heavy (non-hydrogen) atoms. The molecule has 0 radical (unpaired) electrons. The van der Waals surface area contributed by atoms with Crippen LogP contribution in [-0.2, 0) is 4.79 Å². The topological polar surface area (TPSA) is 110 Å². The highest BCUT2D eigenvalue weighted by molar-refractivity contribution is 5.94. The molecule has 0 saturated heterocycles. The Morgan fingerprint density at radius 2 is 1.68 bits per heavy atom. The van der Waals surface area contributed by atoms with Crippen molar-refractivity contribution < 1.29 is 9.59 Å². The minimum absolute atomic E-state index is 0. The van der Waals surface area contributed by atoms with E-state index in [2.05, 4.69) is 10.6 Å². The van der Waals surface area contributed by atoms with E-state index in [4.69, 9.17) is 11.5 Å². The lowest BCUT2D eigenvalue weighted by molar-refractivity contribution is -0.122. The molecule has 0 bridgehead atoms. The van der Waals surface area contributed by atoms with Crippen molar-refractivity contribution in [1.82, 2.24) is 0 Å². The number of carbonyl (C=O) groups is 2. The molecule has 122 valence electrons. The van der Waals surface area contributed by atoms with Gasteiger partial charge in [0.15, 0.2) is 0 Å². The lowest BCUT2D eigenvalue weighted by Crippen LogP contribution is -2.51. The van der Waals surface area contributed by atoms with Crippen LogP contribution in [0.3, 0.4) is 0 Å². The van der Waals surface area contributed by atoms with Crippen LogP contribution in [0.15, 0.2) is 24.3 Å². The fourth-order valence-electron chi connectivity index (χ4n) is 2.80. The van der Waals surface area contributed by atoms with E-state index >= 15 is 0 Å². The number of rotatable bonds is 3. The average Bonchev–Trinajstić information content (AvgIpc) is 2.39. The fraction of sp³-hybridized carbons (Fsp3) is 0.467. The van der Waals surface area contributed by atoms with Crippen LogP contribution in [0.4, 0.5) is 16.2 Å². The lowest BCUT2D eigenvalue weighted by Gasteiger charge is -2.37. The first-order valence-electron chi connectivity index (χ1n) is 7.15. The maximum atomic E-state index is 12.4. The zero-order valence-electron chi connectivity index (χ0n) is 12.6. The van der Waals surface area contributed by atoms with Crippen LogP contribution < -0.4 is 22.1 Å². The molecular formula is C15H23ClN4O2. The quantitative estimate of drug-likeness (QED) is 0.684. The number of amides is 3. The Hall–Kier alpha value is -1.79. The second kappa shape index (κ2) is 7.47. The van der Waals surface area contributed by atoms with E-state index in [-0.39, 0.29) is 24.2 Å². The summed E-state index contributed by atoms with van der Waals surface area (Å²) in [6.45, 7) is 1.94. The number of hydrogen-bond donors (Lipinski definition) is 4.